The Morgan fingerprint density at radius 1 is 1.12 bits per heavy atom. The number of nitrogens with one attached hydrogen (secondary N) is 1. The summed E-state index contributed by atoms with van der Waals surface area (Å²) in [6.45, 7) is 4.56. The molecule has 5 rings (SSSR count). The van der Waals surface area contributed by atoms with Crippen LogP contribution < -0.4 is 5.56 Å². The molecule has 0 amide bonds. The number of nitrogens with zero attached hydrogens (tertiary/aromatic N) is 2. The summed E-state index contributed by atoms with van der Waals surface area (Å²) >= 11 is 6.07. The van der Waals surface area contributed by atoms with Gasteiger partial charge in [0.1, 0.15) is 10.8 Å². The van der Waals surface area contributed by atoms with Gasteiger partial charge in [0.15, 0.2) is 0 Å². The van der Waals surface area contributed by atoms with Crippen molar-refractivity contribution in [2.45, 2.75) is 38.6 Å². The average Bonchev–Trinajstić information content (AvgIpc) is 3.19. The van der Waals surface area contributed by atoms with E-state index in [-0.39, 0.29) is 16.3 Å². The molecular weight excluding hydrogens is 434 g/mol. The molecule has 168 valence electrons. The zero-order valence-corrected chi connectivity index (χ0v) is 19.1. The normalized spacial score (nSPS) is 14.6. The van der Waals surface area contributed by atoms with Gasteiger partial charge in [-0.2, -0.15) is 0 Å². The van der Waals surface area contributed by atoms with Crippen LogP contribution in [0.15, 0.2) is 66.4 Å². The molecule has 0 unspecified atom stereocenters. The third-order valence-electron chi connectivity index (χ3n) is 6.62. The molecular formula is C27H26ClN3O2. The first-order valence-electron chi connectivity index (χ1n) is 11.4. The van der Waals surface area contributed by atoms with Gasteiger partial charge in [0.2, 0.25) is 0 Å². The molecule has 33 heavy (non-hydrogen) atoms. The van der Waals surface area contributed by atoms with Crippen LogP contribution in [0.2, 0.25) is 5.02 Å². The summed E-state index contributed by atoms with van der Waals surface area (Å²) in [7, 11) is 0. The molecule has 3 heterocycles. The van der Waals surface area contributed by atoms with Crippen molar-refractivity contribution in [2.24, 2.45) is 5.92 Å². The van der Waals surface area contributed by atoms with E-state index in [0.29, 0.717) is 11.5 Å². The van der Waals surface area contributed by atoms with Gasteiger partial charge in [-0.1, -0.05) is 61.7 Å². The molecule has 6 heteroatoms. The number of aromatic amines is 1. The number of hydrogen-bond acceptors (Lipinski definition) is 3. The Morgan fingerprint density at radius 2 is 1.88 bits per heavy atom. The number of benzene rings is 1. The molecule has 0 saturated heterocycles. The van der Waals surface area contributed by atoms with Crippen LogP contribution in [0.25, 0.3) is 39.0 Å². The molecule has 0 radical (unpaired) electrons. The minimum atomic E-state index is -0.300. The second-order valence-electron chi connectivity index (χ2n) is 8.88. The Labute approximate surface area is 197 Å². The van der Waals surface area contributed by atoms with Crippen LogP contribution in [0.3, 0.4) is 0 Å². The number of aliphatic hydroxyl groups is 1. The lowest BCUT2D eigenvalue weighted by atomic mass is 9.89. The largest absolute Gasteiger partial charge is 0.508 e. The fourth-order valence-corrected chi connectivity index (χ4v) is 4.97. The molecule has 0 atom stereocenters. The highest BCUT2D eigenvalue weighted by Gasteiger charge is 2.18. The summed E-state index contributed by atoms with van der Waals surface area (Å²) < 4.78 is 2.32. The topological polar surface area (TPSA) is 70.9 Å². The van der Waals surface area contributed by atoms with Crippen LogP contribution in [-0.4, -0.2) is 19.6 Å². The van der Waals surface area contributed by atoms with Crippen molar-refractivity contribution in [1.82, 2.24) is 14.5 Å². The lowest BCUT2D eigenvalue weighted by Crippen LogP contribution is -2.13. The van der Waals surface area contributed by atoms with Crippen molar-refractivity contribution < 1.29 is 5.11 Å². The van der Waals surface area contributed by atoms with E-state index in [1.165, 1.54) is 32.1 Å². The maximum absolute atomic E-state index is 11.7. The Kier molecular flexibility index (Phi) is 5.81. The van der Waals surface area contributed by atoms with Gasteiger partial charge < -0.3 is 14.7 Å². The third-order valence-corrected chi connectivity index (χ3v) is 6.90. The Bertz CT molecular complexity index is 1380. The van der Waals surface area contributed by atoms with Crippen molar-refractivity contribution in [3.63, 3.8) is 0 Å². The van der Waals surface area contributed by atoms with Crippen LogP contribution in [0.4, 0.5) is 0 Å². The van der Waals surface area contributed by atoms with Crippen LogP contribution >= 0.6 is 11.6 Å². The summed E-state index contributed by atoms with van der Waals surface area (Å²) in [5.74, 6) is 0.720. The molecule has 1 aliphatic carbocycles. The molecule has 1 fully saturated rings. The Morgan fingerprint density at radius 3 is 2.58 bits per heavy atom. The highest BCUT2D eigenvalue weighted by atomic mass is 35.5. The van der Waals surface area contributed by atoms with Crippen LogP contribution in [0.5, 0.6) is 0 Å². The smallest absolute Gasteiger partial charge is 0.266 e. The molecule has 1 saturated carbocycles. The van der Waals surface area contributed by atoms with Gasteiger partial charge in [-0.15, -0.1) is 0 Å². The van der Waals surface area contributed by atoms with E-state index in [2.05, 4.69) is 28.4 Å². The zero-order chi connectivity index (χ0) is 22.9. The quantitative estimate of drug-likeness (QED) is 0.321. The lowest BCUT2D eigenvalue weighted by Gasteiger charge is -2.22. The van der Waals surface area contributed by atoms with E-state index in [1.54, 1.807) is 12.3 Å². The zero-order valence-electron chi connectivity index (χ0n) is 18.4. The monoisotopic (exact) mass is 459 g/mol. The predicted octanol–water partition coefficient (Wildman–Crippen LogP) is 6.82. The van der Waals surface area contributed by atoms with Crippen molar-refractivity contribution >= 4 is 28.4 Å². The summed E-state index contributed by atoms with van der Waals surface area (Å²) in [5.41, 5.74) is 6.23. The molecule has 1 aliphatic rings. The molecule has 4 aromatic rings. The molecule has 1 aromatic carbocycles. The second kappa shape index (κ2) is 8.91. The standard InChI is InChI=1S/C27H26ClN3O2/c1-17(32)19-7-9-20(10-8-19)23-16-31(15-18-5-3-2-4-6-18)25-12-22(13-29-26(23)25)21-11-24(28)27(33)30-14-21/h7-14,16,18,32H,1-6,15H2,(H,30,33). The summed E-state index contributed by atoms with van der Waals surface area (Å²) in [6.07, 6.45) is 12.1. The average molecular weight is 460 g/mol. The van der Waals surface area contributed by atoms with Gasteiger partial charge in [0.05, 0.1) is 11.0 Å². The molecule has 0 spiro atoms. The first-order chi connectivity index (χ1) is 16.0. The van der Waals surface area contributed by atoms with Gasteiger partial charge in [-0.25, -0.2) is 0 Å². The number of rotatable bonds is 5. The van der Waals surface area contributed by atoms with E-state index in [1.807, 2.05) is 30.5 Å². The maximum atomic E-state index is 11.7. The highest BCUT2D eigenvalue weighted by Crippen LogP contribution is 2.34. The number of hydrogen-bond donors (Lipinski definition) is 2. The van der Waals surface area contributed by atoms with Crippen molar-refractivity contribution in [3.8, 4) is 22.3 Å². The Hall–Kier alpha value is -3.31. The van der Waals surface area contributed by atoms with E-state index >= 15 is 0 Å². The van der Waals surface area contributed by atoms with Gasteiger partial charge in [0.25, 0.3) is 5.56 Å². The van der Waals surface area contributed by atoms with Gasteiger partial charge in [-0.05, 0) is 36.5 Å². The number of fused-ring (bicyclic) bond motifs is 1. The van der Waals surface area contributed by atoms with E-state index in [0.717, 1.165) is 39.8 Å². The predicted molar refractivity (Wildman–Crippen MR) is 134 cm³/mol. The van der Waals surface area contributed by atoms with Gasteiger partial charge >= 0.3 is 0 Å². The van der Waals surface area contributed by atoms with E-state index in [4.69, 9.17) is 16.6 Å². The molecule has 3 aromatic heterocycles. The first kappa shape index (κ1) is 21.5. The van der Waals surface area contributed by atoms with Crippen molar-refractivity contribution in [1.29, 1.82) is 0 Å². The number of aromatic nitrogens is 3. The second-order valence-corrected chi connectivity index (χ2v) is 9.29. The molecule has 2 N–H and O–H groups in total. The molecule has 0 aliphatic heterocycles. The summed E-state index contributed by atoms with van der Waals surface area (Å²) in [6, 6.07) is 11.5. The lowest BCUT2D eigenvalue weighted by molar-refractivity contribution is 0.323. The molecule has 5 nitrogen and oxygen atoms in total. The number of pyridine rings is 2. The van der Waals surface area contributed by atoms with Gasteiger partial charge in [-0.3, -0.25) is 9.78 Å². The number of halogens is 1. The van der Waals surface area contributed by atoms with E-state index in [9.17, 15) is 9.90 Å². The molecule has 0 bridgehead atoms. The third kappa shape index (κ3) is 4.33. The van der Waals surface area contributed by atoms with Crippen LogP contribution in [-0.2, 0) is 6.54 Å². The van der Waals surface area contributed by atoms with Crippen molar-refractivity contribution in [3.05, 3.63) is 82.5 Å². The SMILES string of the molecule is C=C(O)c1ccc(-c2cn(CC3CCCCC3)c3cc(-c4c[nH]c(=O)c(Cl)c4)cnc23)cc1. The summed E-state index contributed by atoms with van der Waals surface area (Å²) in [4.78, 5) is 19.2. The first-order valence-corrected chi connectivity index (χ1v) is 11.7. The fraction of sp³-hybridized carbons (Fsp3) is 0.259. The number of H-pyrrole nitrogens is 1. The van der Waals surface area contributed by atoms with Crippen LogP contribution in [0.1, 0.15) is 37.7 Å². The maximum Gasteiger partial charge on any atom is 0.266 e. The van der Waals surface area contributed by atoms with Crippen LogP contribution in [0, 0.1) is 5.92 Å². The highest BCUT2D eigenvalue weighted by molar-refractivity contribution is 6.30. The fourth-order valence-electron chi connectivity index (χ4n) is 4.80. The minimum Gasteiger partial charge on any atom is -0.508 e. The summed E-state index contributed by atoms with van der Waals surface area (Å²) in [5, 5.41) is 9.84. The van der Waals surface area contributed by atoms with Crippen molar-refractivity contribution in [2.75, 3.05) is 0 Å². The van der Waals surface area contributed by atoms with Gasteiger partial charge in [0, 0.05) is 47.4 Å². The number of aliphatic hydroxyl groups excluding tert-OH is 1. The minimum absolute atomic E-state index is 0.0589. The Balaban J connectivity index is 1.62. The van der Waals surface area contributed by atoms with E-state index < -0.39 is 0 Å².